The zero-order valence-electron chi connectivity index (χ0n) is 13.5. The molecular weight excluding hydrogens is 274 g/mol. The van der Waals surface area contributed by atoms with Crippen LogP contribution in [-0.2, 0) is 6.42 Å². The lowest BCUT2D eigenvalue weighted by atomic mass is 9.78. The van der Waals surface area contributed by atoms with Crippen LogP contribution in [0.4, 0.5) is 0 Å². The minimum Gasteiger partial charge on any atom is -0.336 e. The molecule has 1 N–H and O–H groups in total. The monoisotopic (exact) mass is 297 g/mol. The smallest absolute Gasteiger partial charge is 0.274 e. The van der Waals surface area contributed by atoms with Crippen LogP contribution in [0.5, 0.6) is 0 Å². The zero-order valence-corrected chi connectivity index (χ0v) is 13.5. The van der Waals surface area contributed by atoms with Crippen molar-refractivity contribution in [1.82, 2.24) is 15.1 Å². The Balaban J connectivity index is 1.81. The normalized spacial score (nSPS) is 20.3. The third-order valence-electron chi connectivity index (χ3n) is 4.66. The van der Waals surface area contributed by atoms with E-state index in [9.17, 15) is 4.79 Å². The molecule has 0 saturated carbocycles. The van der Waals surface area contributed by atoms with Crippen molar-refractivity contribution in [3.8, 4) is 0 Å². The fraction of sp³-hybridized carbons (Fsp3) is 0.444. The molecule has 0 aliphatic carbocycles. The minimum atomic E-state index is 0.0301. The van der Waals surface area contributed by atoms with E-state index in [0.29, 0.717) is 11.6 Å². The van der Waals surface area contributed by atoms with Gasteiger partial charge in [-0.3, -0.25) is 9.89 Å². The predicted molar refractivity (Wildman–Crippen MR) is 86.8 cm³/mol. The molecule has 2 heterocycles. The van der Waals surface area contributed by atoms with Gasteiger partial charge in [0.15, 0.2) is 0 Å². The van der Waals surface area contributed by atoms with Crippen molar-refractivity contribution in [3.05, 3.63) is 53.3 Å². The number of nitrogens with zero attached hydrogens (tertiary/aromatic N) is 2. The number of aryl methyl sites for hydroxylation is 1. The first-order valence-electron chi connectivity index (χ1n) is 7.90. The average molecular weight is 297 g/mol. The Hall–Kier alpha value is -2.10. The van der Waals surface area contributed by atoms with Gasteiger partial charge in [0.25, 0.3) is 5.91 Å². The van der Waals surface area contributed by atoms with Crippen LogP contribution < -0.4 is 0 Å². The van der Waals surface area contributed by atoms with Crippen LogP contribution in [0.25, 0.3) is 0 Å². The Morgan fingerprint density at radius 2 is 2.09 bits per heavy atom. The van der Waals surface area contributed by atoms with Gasteiger partial charge in [-0.25, -0.2) is 0 Å². The number of hydrogen-bond donors (Lipinski definition) is 1. The molecule has 116 valence electrons. The van der Waals surface area contributed by atoms with Crippen molar-refractivity contribution in [2.75, 3.05) is 13.1 Å². The number of rotatable bonds is 3. The van der Waals surface area contributed by atoms with Gasteiger partial charge in [0.1, 0.15) is 5.69 Å². The summed E-state index contributed by atoms with van der Waals surface area (Å²) in [6.45, 7) is 8.04. The Bertz CT molecular complexity index is 660. The van der Waals surface area contributed by atoms with Crippen molar-refractivity contribution in [2.45, 2.75) is 33.1 Å². The fourth-order valence-electron chi connectivity index (χ4n) is 3.35. The molecule has 1 aliphatic rings. The summed E-state index contributed by atoms with van der Waals surface area (Å²) in [6.07, 6.45) is 0.860. The van der Waals surface area contributed by atoms with E-state index >= 15 is 0 Å². The summed E-state index contributed by atoms with van der Waals surface area (Å²) < 4.78 is 0. The highest BCUT2D eigenvalue weighted by Gasteiger charge is 2.42. The van der Waals surface area contributed by atoms with Gasteiger partial charge >= 0.3 is 0 Å². The molecule has 4 heteroatoms. The second-order valence-corrected chi connectivity index (χ2v) is 6.77. The summed E-state index contributed by atoms with van der Waals surface area (Å²) >= 11 is 0. The van der Waals surface area contributed by atoms with E-state index in [-0.39, 0.29) is 11.3 Å². The lowest BCUT2D eigenvalue weighted by Crippen LogP contribution is -2.30. The Morgan fingerprint density at radius 1 is 1.36 bits per heavy atom. The van der Waals surface area contributed by atoms with Gasteiger partial charge in [0, 0.05) is 24.7 Å². The SMILES string of the molecule is CCc1cc(C(=O)N2C[C@H](c3ccccc3)C(C)(C)C2)n[nH]1. The van der Waals surface area contributed by atoms with E-state index in [1.807, 2.05) is 24.0 Å². The standard InChI is InChI=1S/C18H23N3O/c1-4-14-10-16(20-19-14)17(22)21-11-15(18(2,3)12-21)13-8-6-5-7-9-13/h5-10,15H,4,11-12H2,1-3H3,(H,19,20)/t15-/m1/s1. The molecule has 0 spiro atoms. The number of aromatic amines is 1. The van der Waals surface area contributed by atoms with Crippen LogP contribution in [0.15, 0.2) is 36.4 Å². The van der Waals surface area contributed by atoms with E-state index in [2.05, 4.69) is 48.3 Å². The van der Waals surface area contributed by atoms with Gasteiger partial charge in [-0.2, -0.15) is 5.10 Å². The Morgan fingerprint density at radius 3 is 2.73 bits per heavy atom. The highest BCUT2D eigenvalue weighted by molar-refractivity contribution is 5.92. The maximum atomic E-state index is 12.7. The van der Waals surface area contributed by atoms with Crippen LogP contribution in [-0.4, -0.2) is 34.1 Å². The lowest BCUT2D eigenvalue weighted by molar-refractivity contribution is 0.0772. The number of amides is 1. The number of benzene rings is 1. The molecular formula is C18H23N3O. The van der Waals surface area contributed by atoms with E-state index in [1.165, 1.54) is 5.56 Å². The van der Waals surface area contributed by atoms with Crippen molar-refractivity contribution in [1.29, 1.82) is 0 Å². The second kappa shape index (κ2) is 5.59. The molecule has 4 nitrogen and oxygen atoms in total. The van der Waals surface area contributed by atoms with E-state index in [4.69, 9.17) is 0 Å². The molecule has 1 saturated heterocycles. The molecule has 1 atom stereocenters. The topological polar surface area (TPSA) is 49.0 Å². The zero-order chi connectivity index (χ0) is 15.7. The van der Waals surface area contributed by atoms with Gasteiger partial charge in [0.05, 0.1) is 0 Å². The molecule has 1 aromatic carbocycles. The first-order valence-corrected chi connectivity index (χ1v) is 7.90. The van der Waals surface area contributed by atoms with Crippen molar-refractivity contribution in [2.24, 2.45) is 5.41 Å². The summed E-state index contributed by atoms with van der Waals surface area (Å²) in [5.41, 5.74) is 2.91. The molecule has 2 aromatic rings. The van der Waals surface area contributed by atoms with E-state index < -0.39 is 0 Å². The number of aromatic nitrogens is 2. The molecule has 0 unspecified atom stereocenters. The third-order valence-corrected chi connectivity index (χ3v) is 4.66. The molecule has 22 heavy (non-hydrogen) atoms. The molecule has 1 fully saturated rings. The third kappa shape index (κ3) is 2.65. The van der Waals surface area contributed by atoms with Crippen LogP contribution >= 0.6 is 0 Å². The summed E-state index contributed by atoms with van der Waals surface area (Å²) in [7, 11) is 0. The summed E-state index contributed by atoms with van der Waals surface area (Å²) in [5.74, 6) is 0.393. The summed E-state index contributed by atoms with van der Waals surface area (Å²) in [5, 5.41) is 7.09. The summed E-state index contributed by atoms with van der Waals surface area (Å²) in [6, 6.07) is 12.3. The number of nitrogens with one attached hydrogen (secondary N) is 1. The van der Waals surface area contributed by atoms with Crippen molar-refractivity contribution in [3.63, 3.8) is 0 Å². The molecule has 1 aliphatic heterocycles. The van der Waals surface area contributed by atoms with Crippen LogP contribution in [0.2, 0.25) is 0 Å². The van der Waals surface area contributed by atoms with Crippen LogP contribution in [0, 0.1) is 5.41 Å². The average Bonchev–Trinajstić information content (AvgIpc) is 3.11. The Labute approximate surface area is 131 Å². The predicted octanol–water partition coefficient (Wildman–Crippen LogP) is 3.24. The van der Waals surface area contributed by atoms with Crippen LogP contribution in [0.1, 0.15) is 48.4 Å². The minimum absolute atomic E-state index is 0.0301. The van der Waals surface area contributed by atoms with Gasteiger partial charge in [0.2, 0.25) is 0 Å². The number of carbonyl (C=O) groups is 1. The first kappa shape index (κ1) is 14.8. The van der Waals surface area contributed by atoms with Gasteiger partial charge < -0.3 is 4.90 Å². The highest BCUT2D eigenvalue weighted by Crippen LogP contribution is 2.42. The largest absolute Gasteiger partial charge is 0.336 e. The summed E-state index contributed by atoms with van der Waals surface area (Å²) in [4.78, 5) is 14.6. The fourth-order valence-corrected chi connectivity index (χ4v) is 3.35. The molecule has 0 radical (unpaired) electrons. The maximum Gasteiger partial charge on any atom is 0.274 e. The molecule has 1 amide bonds. The first-order chi connectivity index (χ1) is 10.5. The molecule has 0 bridgehead atoms. The van der Waals surface area contributed by atoms with Crippen molar-refractivity contribution < 1.29 is 4.79 Å². The molecule has 3 rings (SSSR count). The molecule has 1 aromatic heterocycles. The number of carbonyl (C=O) groups excluding carboxylic acids is 1. The van der Waals surface area contributed by atoms with Gasteiger partial charge in [-0.1, -0.05) is 51.1 Å². The van der Waals surface area contributed by atoms with E-state index in [1.54, 1.807) is 0 Å². The van der Waals surface area contributed by atoms with E-state index in [0.717, 1.165) is 25.2 Å². The van der Waals surface area contributed by atoms with Crippen LogP contribution in [0.3, 0.4) is 0 Å². The highest BCUT2D eigenvalue weighted by atomic mass is 16.2. The quantitative estimate of drug-likeness (QED) is 0.945. The Kier molecular flexibility index (Phi) is 3.77. The number of likely N-dealkylation sites (tertiary alicyclic amines) is 1. The lowest BCUT2D eigenvalue weighted by Gasteiger charge is -2.25. The second-order valence-electron chi connectivity index (χ2n) is 6.77. The van der Waals surface area contributed by atoms with Gasteiger partial charge in [-0.05, 0) is 23.5 Å². The number of hydrogen-bond acceptors (Lipinski definition) is 2. The maximum absolute atomic E-state index is 12.7. The van der Waals surface area contributed by atoms with Gasteiger partial charge in [-0.15, -0.1) is 0 Å². The number of H-pyrrole nitrogens is 1. The van der Waals surface area contributed by atoms with Crippen molar-refractivity contribution >= 4 is 5.91 Å².